The number of nitrogen functional groups attached to an aromatic ring is 1. The molecule has 1 fully saturated rings. The van der Waals surface area contributed by atoms with Gasteiger partial charge in [-0.05, 0) is 6.07 Å². The fourth-order valence-corrected chi connectivity index (χ4v) is 2.22. The minimum absolute atomic E-state index is 0.247. The van der Waals surface area contributed by atoms with Gasteiger partial charge in [-0.25, -0.2) is 10.8 Å². The molecule has 0 aliphatic carbocycles. The van der Waals surface area contributed by atoms with Gasteiger partial charge in [-0.2, -0.15) is 9.97 Å². The number of pyridine rings is 1. The number of nitrogens with zero attached hydrogens (tertiary/aromatic N) is 4. The van der Waals surface area contributed by atoms with Gasteiger partial charge >= 0.3 is 6.01 Å². The fourth-order valence-electron chi connectivity index (χ4n) is 2.22. The van der Waals surface area contributed by atoms with E-state index in [1.807, 2.05) is 12.1 Å². The summed E-state index contributed by atoms with van der Waals surface area (Å²) in [7, 11) is 0. The van der Waals surface area contributed by atoms with Crippen LogP contribution in [0.1, 0.15) is 0 Å². The van der Waals surface area contributed by atoms with E-state index in [0.29, 0.717) is 38.1 Å². The monoisotopic (exact) mass is 332 g/mol. The molecule has 0 saturated carbocycles. The van der Waals surface area contributed by atoms with Gasteiger partial charge < -0.3 is 24.5 Å². The number of hydrogen-bond donors (Lipinski definition) is 2. The zero-order valence-electron chi connectivity index (χ0n) is 13.2. The molecular weight excluding hydrogens is 312 g/mol. The minimum Gasteiger partial charge on any atom is -0.474 e. The number of nitrogens with one attached hydrogen (secondary N) is 1. The first kappa shape index (κ1) is 16.2. The maximum Gasteiger partial charge on any atom is 0.320 e. The molecule has 0 aromatic carbocycles. The molecular formula is C15H20N6O3. The highest BCUT2D eigenvalue weighted by Crippen LogP contribution is 2.19. The highest BCUT2D eigenvalue weighted by Gasteiger charge is 2.15. The Morgan fingerprint density at radius 1 is 1.17 bits per heavy atom. The Balaban J connectivity index is 1.57. The summed E-state index contributed by atoms with van der Waals surface area (Å²) in [4.78, 5) is 14.8. The van der Waals surface area contributed by atoms with Gasteiger partial charge in [0.25, 0.3) is 0 Å². The largest absolute Gasteiger partial charge is 0.474 e. The Kier molecular flexibility index (Phi) is 5.59. The van der Waals surface area contributed by atoms with E-state index in [2.05, 4.69) is 25.3 Å². The molecule has 2 aromatic rings. The summed E-state index contributed by atoms with van der Waals surface area (Å²) in [5.41, 5.74) is 2.53. The molecule has 0 spiro atoms. The molecule has 9 nitrogen and oxygen atoms in total. The molecule has 24 heavy (non-hydrogen) atoms. The number of anilines is 2. The summed E-state index contributed by atoms with van der Waals surface area (Å²) < 4.78 is 16.4. The molecule has 9 heteroatoms. The average Bonchev–Trinajstić information content (AvgIpc) is 2.66. The van der Waals surface area contributed by atoms with Gasteiger partial charge in [0.05, 0.1) is 13.2 Å². The van der Waals surface area contributed by atoms with Crippen molar-refractivity contribution in [1.29, 1.82) is 0 Å². The standard InChI is InChI=1S/C15H20N6O3/c16-20-12-11-13(21-5-7-22-8-6-21)19-15(18-12)24-10-9-23-14-3-1-2-4-17-14/h1-4,11H,5-10,16H2,(H,18,19,20). The lowest BCUT2D eigenvalue weighted by Crippen LogP contribution is -2.37. The number of hydrogen-bond acceptors (Lipinski definition) is 9. The number of hydrazine groups is 1. The smallest absolute Gasteiger partial charge is 0.320 e. The van der Waals surface area contributed by atoms with Crippen LogP contribution in [0.15, 0.2) is 30.5 Å². The first-order chi connectivity index (χ1) is 11.8. The van der Waals surface area contributed by atoms with Gasteiger partial charge in [0.2, 0.25) is 5.88 Å². The van der Waals surface area contributed by atoms with Crippen molar-refractivity contribution in [3.63, 3.8) is 0 Å². The van der Waals surface area contributed by atoms with Crippen LogP contribution in [0.3, 0.4) is 0 Å². The van der Waals surface area contributed by atoms with Crippen molar-refractivity contribution in [2.45, 2.75) is 0 Å². The minimum atomic E-state index is 0.247. The van der Waals surface area contributed by atoms with Crippen LogP contribution in [0.4, 0.5) is 11.6 Å². The Labute approximate surface area is 139 Å². The van der Waals surface area contributed by atoms with E-state index in [1.54, 1.807) is 18.3 Å². The number of rotatable bonds is 7. The van der Waals surface area contributed by atoms with Gasteiger partial charge in [-0.1, -0.05) is 6.07 Å². The summed E-state index contributed by atoms with van der Waals surface area (Å²) in [6.07, 6.45) is 1.67. The molecule has 0 unspecified atom stereocenters. The lowest BCUT2D eigenvalue weighted by atomic mass is 10.4. The molecule has 1 saturated heterocycles. The van der Waals surface area contributed by atoms with Crippen molar-refractivity contribution in [3.8, 4) is 11.9 Å². The Morgan fingerprint density at radius 3 is 2.75 bits per heavy atom. The SMILES string of the molecule is NNc1cc(N2CCOCC2)nc(OCCOc2ccccn2)n1. The van der Waals surface area contributed by atoms with E-state index >= 15 is 0 Å². The van der Waals surface area contributed by atoms with Crippen molar-refractivity contribution in [1.82, 2.24) is 15.0 Å². The Bertz CT molecular complexity index is 636. The Morgan fingerprint density at radius 2 is 2.00 bits per heavy atom. The second-order valence-corrected chi connectivity index (χ2v) is 5.00. The van der Waals surface area contributed by atoms with Crippen molar-refractivity contribution in [2.75, 3.05) is 49.8 Å². The number of morpholine rings is 1. The lowest BCUT2D eigenvalue weighted by molar-refractivity contribution is 0.122. The topological polar surface area (TPSA) is 108 Å². The van der Waals surface area contributed by atoms with Gasteiger partial charge in [-0.3, -0.25) is 0 Å². The van der Waals surface area contributed by atoms with Crippen LogP contribution in [0.5, 0.6) is 11.9 Å². The molecule has 0 bridgehead atoms. The second-order valence-electron chi connectivity index (χ2n) is 5.00. The molecule has 1 aliphatic heterocycles. The predicted molar refractivity (Wildman–Crippen MR) is 88.1 cm³/mol. The Hall–Kier alpha value is -2.65. The van der Waals surface area contributed by atoms with E-state index in [4.69, 9.17) is 20.1 Å². The van der Waals surface area contributed by atoms with Gasteiger partial charge in [0.15, 0.2) is 0 Å². The van der Waals surface area contributed by atoms with Crippen LogP contribution in [0.2, 0.25) is 0 Å². The van der Waals surface area contributed by atoms with Crippen LogP contribution in [0, 0.1) is 0 Å². The van der Waals surface area contributed by atoms with Crippen LogP contribution in [-0.2, 0) is 4.74 Å². The molecule has 2 aromatic heterocycles. The van der Waals surface area contributed by atoms with Gasteiger partial charge in [0.1, 0.15) is 24.8 Å². The third kappa shape index (κ3) is 4.43. The summed E-state index contributed by atoms with van der Waals surface area (Å²) in [6.45, 7) is 3.51. The normalized spacial score (nSPS) is 14.3. The summed E-state index contributed by atoms with van der Waals surface area (Å²) in [5.74, 6) is 7.27. The molecule has 0 atom stereocenters. The molecule has 3 N–H and O–H groups in total. The number of nitrogens with two attached hydrogens (primary N) is 1. The zero-order chi connectivity index (χ0) is 16.6. The van der Waals surface area contributed by atoms with Crippen LogP contribution in [-0.4, -0.2) is 54.5 Å². The third-order valence-corrected chi connectivity index (χ3v) is 3.38. The molecule has 128 valence electrons. The van der Waals surface area contributed by atoms with E-state index in [-0.39, 0.29) is 6.01 Å². The van der Waals surface area contributed by atoms with E-state index in [0.717, 1.165) is 18.9 Å². The second kappa shape index (κ2) is 8.27. The number of aromatic nitrogens is 3. The molecule has 0 amide bonds. The maximum absolute atomic E-state index is 5.57. The zero-order valence-corrected chi connectivity index (χ0v) is 13.2. The first-order valence-corrected chi connectivity index (χ1v) is 7.70. The van der Waals surface area contributed by atoms with Gasteiger partial charge in [-0.15, -0.1) is 0 Å². The summed E-state index contributed by atoms with van der Waals surface area (Å²) in [5, 5.41) is 0. The maximum atomic E-state index is 5.57. The van der Waals surface area contributed by atoms with E-state index in [9.17, 15) is 0 Å². The van der Waals surface area contributed by atoms with Crippen molar-refractivity contribution in [3.05, 3.63) is 30.5 Å². The van der Waals surface area contributed by atoms with Crippen molar-refractivity contribution < 1.29 is 14.2 Å². The number of ether oxygens (including phenoxy) is 3. The first-order valence-electron chi connectivity index (χ1n) is 7.70. The van der Waals surface area contributed by atoms with Crippen LogP contribution in [0.25, 0.3) is 0 Å². The van der Waals surface area contributed by atoms with E-state index < -0.39 is 0 Å². The van der Waals surface area contributed by atoms with Crippen LogP contribution < -0.4 is 25.6 Å². The van der Waals surface area contributed by atoms with E-state index in [1.165, 1.54) is 0 Å². The molecule has 1 aliphatic rings. The highest BCUT2D eigenvalue weighted by atomic mass is 16.5. The lowest BCUT2D eigenvalue weighted by Gasteiger charge is -2.28. The highest BCUT2D eigenvalue weighted by molar-refractivity contribution is 5.50. The molecule has 3 heterocycles. The van der Waals surface area contributed by atoms with Crippen molar-refractivity contribution >= 4 is 11.6 Å². The summed E-state index contributed by atoms with van der Waals surface area (Å²) in [6, 6.07) is 7.50. The third-order valence-electron chi connectivity index (χ3n) is 3.38. The molecule has 0 radical (unpaired) electrons. The van der Waals surface area contributed by atoms with Crippen LogP contribution >= 0.6 is 0 Å². The predicted octanol–water partition coefficient (Wildman–Crippen LogP) is 0.452. The van der Waals surface area contributed by atoms with Gasteiger partial charge in [0, 0.05) is 31.4 Å². The molecule has 3 rings (SSSR count). The summed E-state index contributed by atoms with van der Waals surface area (Å²) >= 11 is 0. The fraction of sp³-hybridized carbons (Fsp3) is 0.400. The quantitative estimate of drug-likeness (QED) is 0.424. The van der Waals surface area contributed by atoms with Crippen molar-refractivity contribution in [2.24, 2.45) is 5.84 Å². The average molecular weight is 332 g/mol.